The van der Waals surface area contributed by atoms with Crippen LogP contribution < -0.4 is 10.9 Å². The number of aromatic nitrogens is 2. The number of nitrogens with one attached hydrogen (secondary N) is 2. The molecule has 23 heavy (non-hydrogen) atoms. The maximum absolute atomic E-state index is 12.0. The predicted octanol–water partition coefficient (Wildman–Crippen LogP) is 3.93. The van der Waals surface area contributed by atoms with Crippen LogP contribution in [0.5, 0.6) is 0 Å². The zero-order valence-corrected chi connectivity index (χ0v) is 14.9. The van der Waals surface area contributed by atoms with Crippen LogP contribution in [-0.4, -0.2) is 21.6 Å². The molecule has 2 aromatic rings. The quantitative estimate of drug-likeness (QED) is 0.616. The van der Waals surface area contributed by atoms with Gasteiger partial charge in [0.15, 0.2) is 5.16 Å². The number of carbonyl (C=O) groups is 1. The van der Waals surface area contributed by atoms with Gasteiger partial charge in [0.2, 0.25) is 5.91 Å². The molecule has 0 aliphatic carbocycles. The Hall–Kier alpha value is -1.50. The normalized spacial score (nSPS) is 10.8. The average molecular weight is 372 g/mol. The molecule has 1 heterocycles. The molecule has 1 aromatic carbocycles. The number of hydrogen-bond acceptors (Lipinski definition) is 4. The fourth-order valence-electron chi connectivity index (χ4n) is 1.74. The Morgan fingerprint density at radius 2 is 2.00 bits per heavy atom. The first-order valence-corrected chi connectivity index (χ1v) is 8.59. The van der Waals surface area contributed by atoms with Crippen molar-refractivity contribution in [3.05, 3.63) is 50.4 Å². The molecule has 8 heteroatoms. The Bertz CT molecular complexity index is 757. The lowest BCUT2D eigenvalue weighted by atomic mass is 10.1. The zero-order chi connectivity index (χ0) is 17.0. The third-order valence-corrected chi connectivity index (χ3v) is 4.40. The highest BCUT2D eigenvalue weighted by Crippen LogP contribution is 2.30. The summed E-state index contributed by atoms with van der Waals surface area (Å²) < 4.78 is 0. The molecule has 0 saturated heterocycles. The Kier molecular flexibility index (Phi) is 6.10. The van der Waals surface area contributed by atoms with Crippen molar-refractivity contribution in [2.24, 2.45) is 0 Å². The maximum atomic E-state index is 12.0. The average Bonchev–Trinajstić information content (AvgIpc) is 2.48. The van der Waals surface area contributed by atoms with E-state index in [9.17, 15) is 9.59 Å². The number of aromatic amines is 1. The number of para-hydroxylation sites is 1. The Labute approximate surface area is 147 Å². The first-order chi connectivity index (χ1) is 10.9. The summed E-state index contributed by atoms with van der Waals surface area (Å²) in [6.45, 7) is 3.89. The van der Waals surface area contributed by atoms with E-state index in [0.717, 1.165) is 11.8 Å². The van der Waals surface area contributed by atoms with Gasteiger partial charge >= 0.3 is 0 Å². The second kappa shape index (κ2) is 7.86. The van der Waals surface area contributed by atoms with Crippen molar-refractivity contribution in [2.45, 2.75) is 24.9 Å². The number of amides is 1. The standard InChI is InChI=1S/C15H15Cl2N3O2S/c1-8(2)11-6-12(21)20-15(18-11)23-7-13(22)19-14-9(16)4-3-5-10(14)17/h3-6,8H,7H2,1-2H3,(H,19,22)(H,18,20,21). The van der Waals surface area contributed by atoms with Gasteiger partial charge in [-0.1, -0.05) is 54.9 Å². The van der Waals surface area contributed by atoms with Crippen molar-refractivity contribution < 1.29 is 4.79 Å². The number of H-pyrrole nitrogens is 1. The summed E-state index contributed by atoms with van der Waals surface area (Å²) in [5, 5.41) is 3.79. The molecule has 0 unspecified atom stereocenters. The summed E-state index contributed by atoms with van der Waals surface area (Å²) >= 11 is 13.1. The van der Waals surface area contributed by atoms with E-state index >= 15 is 0 Å². The lowest BCUT2D eigenvalue weighted by Gasteiger charge is -2.09. The highest BCUT2D eigenvalue weighted by molar-refractivity contribution is 7.99. The molecule has 122 valence electrons. The van der Waals surface area contributed by atoms with Crippen molar-refractivity contribution in [2.75, 3.05) is 11.1 Å². The summed E-state index contributed by atoms with van der Waals surface area (Å²) in [7, 11) is 0. The molecule has 0 atom stereocenters. The molecule has 0 aliphatic heterocycles. The van der Waals surface area contributed by atoms with Crippen molar-refractivity contribution >= 4 is 46.6 Å². The van der Waals surface area contributed by atoms with E-state index in [1.54, 1.807) is 18.2 Å². The van der Waals surface area contributed by atoms with E-state index in [2.05, 4.69) is 15.3 Å². The molecule has 0 radical (unpaired) electrons. The molecule has 0 aliphatic rings. The molecule has 0 fully saturated rings. The Balaban J connectivity index is 2.04. The molecule has 0 saturated carbocycles. The molecule has 2 rings (SSSR count). The van der Waals surface area contributed by atoms with Crippen LogP contribution in [-0.2, 0) is 4.79 Å². The fourth-order valence-corrected chi connectivity index (χ4v) is 2.92. The Morgan fingerprint density at radius 3 is 2.61 bits per heavy atom. The van der Waals surface area contributed by atoms with E-state index < -0.39 is 0 Å². The van der Waals surface area contributed by atoms with Gasteiger partial charge in [-0.25, -0.2) is 4.98 Å². The summed E-state index contributed by atoms with van der Waals surface area (Å²) in [5.41, 5.74) is 0.824. The topological polar surface area (TPSA) is 74.8 Å². The van der Waals surface area contributed by atoms with E-state index in [4.69, 9.17) is 23.2 Å². The van der Waals surface area contributed by atoms with E-state index in [1.165, 1.54) is 6.07 Å². The summed E-state index contributed by atoms with van der Waals surface area (Å²) in [6.07, 6.45) is 0. The lowest BCUT2D eigenvalue weighted by Crippen LogP contribution is -2.16. The van der Waals surface area contributed by atoms with Gasteiger partial charge in [0.25, 0.3) is 5.56 Å². The molecular formula is C15H15Cl2N3O2S. The predicted molar refractivity (Wildman–Crippen MR) is 94.8 cm³/mol. The Morgan fingerprint density at radius 1 is 1.35 bits per heavy atom. The second-order valence-electron chi connectivity index (χ2n) is 5.06. The minimum Gasteiger partial charge on any atom is -0.323 e. The van der Waals surface area contributed by atoms with Gasteiger partial charge in [0.05, 0.1) is 27.2 Å². The molecule has 0 bridgehead atoms. The SMILES string of the molecule is CC(C)c1cc(=O)[nH]c(SCC(=O)Nc2c(Cl)cccc2Cl)n1. The largest absolute Gasteiger partial charge is 0.323 e. The monoisotopic (exact) mass is 371 g/mol. The van der Waals surface area contributed by atoms with Crippen molar-refractivity contribution in [3.8, 4) is 0 Å². The van der Waals surface area contributed by atoms with Gasteiger partial charge in [-0.2, -0.15) is 0 Å². The van der Waals surface area contributed by atoms with E-state index in [1.807, 2.05) is 13.8 Å². The smallest absolute Gasteiger partial charge is 0.251 e. The molecule has 2 N–H and O–H groups in total. The molecule has 1 aromatic heterocycles. The number of hydrogen-bond donors (Lipinski definition) is 2. The number of carbonyl (C=O) groups excluding carboxylic acids is 1. The highest BCUT2D eigenvalue weighted by atomic mass is 35.5. The summed E-state index contributed by atoms with van der Waals surface area (Å²) in [6, 6.07) is 6.43. The number of nitrogens with zero attached hydrogens (tertiary/aromatic N) is 1. The van der Waals surface area contributed by atoms with E-state index in [0.29, 0.717) is 26.6 Å². The minimum atomic E-state index is -0.289. The lowest BCUT2D eigenvalue weighted by molar-refractivity contribution is -0.113. The first-order valence-electron chi connectivity index (χ1n) is 6.84. The first kappa shape index (κ1) is 17.8. The van der Waals surface area contributed by atoms with Crippen LogP contribution in [0.4, 0.5) is 5.69 Å². The van der Waals surface area contributed by atoms with Crippen molar-refractivity contribution in [3.63, 3.8) is 0 Å². The van der Waals surface area contributed by atoms with Gasteiger partial charge in [-0.15, -0.1) is 0 Å². The highest BCUT2D eigenvalue weighted by Gasteiger charge is 2.11. The summed E-state index contributed by atoms with van der Waals surface area (Å²) in [4.78, 5) is 30.6. The minimum absolute atomic E-state index is 0.0754. The number of benzene rings is 1. The van der Waals surface area contributed by atoms with Gasteiger partial charge in [0, 0.05) is 6.07 Å². The van der Waals surface area contributed by atoms with Crippen molar-refractivity contribution in [1.82, 2.24) is 9.97 Å². The van der Waals surface area contributed by atoms with Gasteiger partial charge in [-0.3, -0.25) is 9.59 Å². The van der Waals surface area contributed by atoms with E-state index in [-0.39, 0.29) is 23.1 Å². The number of rotatable bonds is 5. The number of halogens is 2. The van der Waals surface area contributed by atoms with Gasteiger partial charge in [-0.05, 0) is 18.1 Å². The van der Waals surface area contributed by atoms with Crippen LogP contribution in [0.3, 0.4) is 0 Å². The second-order valence-corrected chi connectivity index (χ2v) is 6.84. The number of thioether (sulfide) groups is 1. The molecule has 5 nitrogen and oxygen atoms in total. The van der Waals surface area contributed by atoms with Crippen LogP contribution >= 0.6 is 35.0 Å². The van der Waals surface area contributed by atoms with Crippen LogP contribution in [0.2, 0.25) is 10.0 Å². The maximum Gasteiger partial charge on any atom is 0.251 e. The molecule has 0 spiro atoms. The molecule has 1 amide bonds. The van der Waals surface area contributed by atoms with Crippen LogP contribution in [0.25, 0.3) is 0 Å². The van der Waals surface area contributed by atoms with Crippen molar-refractivity contribution in [1.29, 1.82) is 0 Å². The molecular weight excluding hydrogens is 357 g/mol. The van der Waals surface area contributed by atoms with Crippen LogP contribution in [0, 0.1) is 0 Å². The zero-order valence-electron chi connectivity index (χ0n) is 12.5. The van der Waals surface area contributed by atoms with Gasteiger partial charge < -0.3 is 10.3 Å². The van der Waals surface area contributed by atoms with Gasteiger partial charge in [0.1, 0.15) is 0 Å². The third kappa shape index (κ3) is 4.99. The number of anilines is 1. The van der Waals surface area contributed by atoms with Crippen LogP contribution in [0.15, 0.2) is 34.2 Å². The van der Waals surface area contributed by atoms with Crippen LogP contribution in [0.1, 0.15) is 25.5 Å². The fraction of sp³-hybridized carbons (Fsp3) is 0.267. The third-order valence-electron chi connectivity index (χ3n) is 2.90. The summed E-state index contributed by atoms with van der Waals surface area (Å²) in [5.74, 6) is -0.0820.